The number of benzene rings is 1. The summed E-state index contributed by atoms with van der Waals surface area (Å²) in [4.78, 5) is 0. The van der Waals surface area contributed by atoms with E-state index in [4.69, 9.17) is 0 Å². The third-order valence-corrected chi connectivity index (χ3v) is 7.31. The van der Waals surface area contributed by atoms with Gasteiger partial charge in [-0.25, -0.2) is 0 Å². The van der Waals surface area contributed by atoms with E-state index in [1.165, 1.54) is 97.7 Å². The summed E-state index contributed by atoms with van der Waals surface area (Å²) in [5.74, 6) is 0. The normalized spacial score (nSPS) is 11.0. The predicted molar refractivity (Wildman–Crippen MR) is 115 cm³/mol. The van der Waals surface area contributed by atoms with Crippen LogP contribution >= 0.6 is 22.6 Å². The summed E-state index contributed by atoms with van der Waals surface area (Å²) in [5.41, 5.74) is 1.52. The van der Waals surface area contributed by atoms with Gasteiger partial charge in [-0.2, -0.15) is 0 Å². The molecule has 0 saturated heterocycles. The van der Waals surface area contributed by atoms with Gasteiger partial charge in [0.25, 0.3) is 0 Å². The molecule has 0 aliphatic heterocycles. The van der Waals surface area contributed by atoms with Crippen LogP contribution in [-0.4, -0.2) is 19.4 Å². The van der Waals surface area contributed by atoms with Gasteiger partial charge >= 0.3 is 139 Å². The molecule has 0 N–H and O–H groups in total. The topological polar surface area (TPSA) is 0 Å². The summed E-state index contributed by atoms with van der Waals surface area (Å²) in [5, 5.41) is 2.92. The van der Waals surface area contributed by atoms with Crippen molar-refractivity contribution < 1.29 is 0 Å². The van der Waals surface area contributed by atoms with Crippen molar-refractivity contribution in [3.05, 3.63) is 35.9 Å². The first-order valence-corrected chi connectivity index (χ1v) is 13.6. The van der Waals surface area contributed by atoms with Gasteiger partial charge < -0.3 is 0 Å². The Morgan fingerprint density at radius 3 is 1.70 bits per heavy atom. The van der Waals surface area contributed by atoms with Crippen LogP contribution in [0.25, 0.3) is 0 Å². The van der Waals surface area contributed by atoms with Crippen LogP contribution in [0.15, 0.2) is 30.3 Å². The van der Waals surface area contributed by atoms with Crippen LogP contribution < -0.4 is 0 Å². The second-order valence-corrected chi connectivity index (χ2v) is 10.1. The van der Waals surface area contributed by atoms with Gasteiger partial charge in [0.2, 0.25) is 0 Å². The molecule has 23 heavy (non-hydrogen) atoms. The van der Waals surface area contributed by atoms with Crippen LogP contribution in [0, 0.1) is 0 Å². The van der Waals surface area contributed by atoms with Crippen LogP contribution in [0.3, 0.4) is 0 Å². The molecule has 0 aliphatic rings. The van der Waals surface area contributed by atoms with Gasteiger partial charge in [-0.15, -0.1) is 0 Å². The average Bonchev–Trinajstić information content (AvgIpc) is 2.59. The van der Waals surface area contributed by atoms with Gasteiger partial charge in [0, 0.05) is 0 Å². The molecular weight excluding hydrogens is 458 g/mol. The van der Waals surface area contributed by atoms with Gasteiger partial charge in [0.15, 0.2) is 0 Å². The van der Waals surface area contributed by atoms with Gasteiger partial charge in [0.05, 0.1) is 0 Å². The van der Waals surface area contributed by atoms with Crippen LogP contribution in [0.4, 0.5) is 0 Å². The molecule has 1 aromatic rings. The van der Waals surface area contributed by atoms with E-state index in [1.807, 2.05) is 0 Å². The molecule has 0 atom stereocenters. The quantitative estimate of drug-likeness (QED) is 0.0969. The fourth-order valence-corrected chi connectivity index (χ4v) is 5.45. The molecule has 0 amide bonds. The van der Waals surface area contributed by atoms with Crippen LogP contribution in [0.1, 0.15) is 76.2 Å². The zero-order valence-electron chi connectivity index (χ0n) is 14.8. The summed E-state index contributed by atoms with van der Waals surface area (Å²) >= 11 is 3.36. The van der Waals surface area contributed by atoms with Crippen LogP contribution in [0.2, 0.25) is 10.6 Å². The van der Waals surface area contributed by atoms with Crippen molar-refractivity contribution in [2.24, 2.45) is 0 Å². The standard InChI is InChI=1S/C21H35ISe/c22-18-13-8-6-4-2-1-3-5-7-9-14-19-23-20-17-21-15-11-10-12-16-21/h10-12,15-16H,1-9,13-14,17-20H2. The Balaban J connectivity index is 1.72. The summed E-state index contributed by atoms with van der Waals surface area (Å²) in [7, 11) is 0. The molecule has 0 heterocycles. The molecule has 0 radical (unpaired) electrons. The SMILES string of the molecule is ICCCCCCCCCCCCC[Se]CCc1ccccc1. The zero-order chi connectivity index (χ0) is 16.4. The molecule has 1 rings (SSSR count). The van der Waals surface area contributed by atoms with Gasteiger partial charge in [-0.1, -0.05) is 22.6 Å². The Labute approximate surface area is 164 Å². The van der Waals surface area contributed by atoms with E-state index in [1.54, 1.807) is 0 Å². The summed E-state index contributed by atoms with van der Waals surface area (Å²) in [6, 6.07) is 11.0. The minimum absolute atomic E-state index is 0.869. The molecule has 0 aliphatic carbocycles. The van der Waals surface area contributed by atoms with E-state index < -0.39 is 0 Å². The second kappa shape index (κ2) is 17.3. The third kappa shape index (κ3) is 14.5. The fraction of sp³-hybridized carbons (Fsp3) is 0.714. The van der Waals surface area contributed by atoms with Gasteiger partial charge in [0.1, 0.15) is 0 Å². The maximum absolute atomic E-state index is 2.49. The number of unbranched alkanes of at least 4 members (excludes halogenated alkanes) is 10. The number of aryl methyl sites for hydroxylation is 1. The van der Waals surface area contributed by atoms with Crippen molar-refractivity contribution in [2.75, 3.05) is 4.43 Å². The molecular formula is C21H35ISe. The van der Waals surface area contributed by atoms with Crippen molar-refractivity contribution in [1.29, 1.82) is 0 Å². The molecule has 0 nitrogen and oxygen atoms in total. The summed E-state index contributed by atoms with van der Waals surface area (Å²) in [6.07, 6.45) is 17.4. The number of rotatable bonds is 16. The van der Waals surface area contributed by atoms with E-state index in [-0.39, 0.29) is 0 Å². The molecule has 0 spiro atoms. The third-order valence-electron chi connectivity index (χ3n) is 4.30. The van der Waals surface area contributed by atoms with E-state index in [2.05, 4.69) is 52.9 Å². The molecule has 0 fully saturated rings. The van der Waals surface area contributed by atoms with E-state index in [0.29, 0.717) is 0 Å². The monoisotopic (exact) mass is 494 g/mol. The first kappa shape index (κ1) is 21.5. The van der Waals surface area contributed by atoms with Gasteiger partial charge in [-0.3, -0.25) is 0 Å². The zero-order valence-corrected chi connectivity index (χ0v) is 18.7. The first-order chi connectivity index (χ1) is 11.4. The summed E-state index contributed by atoms with van der Waals surface area (Å²) < 4.78 is 1.34. The Hall–Kier alpha value is 0.469. The van der Waals surface area contributed by atoms with Crippen molar-refractivity contribution in [1.82, 2.24) is 0 Å². The molecule has 0 bridgehead atoms. The van der Waals surface area contributed by atoms with Crippen LogP contribution in [-0.2, 0) is 6.42 Å². The average molecular weight is 493 g/mol. The molecule has 2 heteroatoms. The second-order valence-electron chi connectivity index (χ2n) is 6.43. The Kier molecular flexibility index (Phi) is 16.2. The number of hydrogen-bond donors (Lipinski definition) is 0. The van der Waals surface area contributed by atoms with Crippen molar-refractivity contribution in [2.45, 2.75) is 87.7 Å². The van der Waals surface area contributed by atoms with Gasteiger partial charge in [-0.05, 0) is 4.43 Å². The Bertz CT molecular complexity index is 339. The number of alkyl halides is 1. The molecule has 0 saturated carbocycles. The van der Waals surface area contributed by atoms with Crippen LogP contribution in [0.5, 0.6) is 0 Å². The van der Waals surface area contributed by atoms with E-state index in [0.717, 1.165) is 15.0 Å². The molecule has 132 valence electrons. The minimum atomic E-state index is 0.869. The van der Waals surface area contributed by atoms with Crippen molar-refractivity contribution in [3.63, 3.8) is 0 Å². The summed E-state index contributed by atoms with van der Waals surface area (Å²) in [6.45, 7) is 0. The Morgan fingerprint density at radius 2 is 1.13 bits per heavy atom. The van der Waals surface area contributed by atoms with E-state index in [9.17, 15) is 0 Å². The van der Waals surface area contributed by atoms with Crippen molar-refractivity contribution >= 4 is 37.5 Å². The molecule has 1 aromatic carbocycles. The first-order valence-electron chi connectivity index (χ1n) is 9.61. The fourth-order valence-electron chi connectivity index (χ4n) is 2.83. The maximum atomic E-state index is 2.49. The van der Waals surface area contributed by atoms with E-state index >= 15 is 0 Å². The van der Waals surface area contributed by atoms with Crippen molar-refractivity contribution in [3.8, 4) is 0 Å². The number of halogens is 1. The molecule has 0 unspecified atom stereocenters. The predicted octanol–water partition coefficient (Wildman–Crippen LogP) is 7.50. The molecule has 0 aromatic heterocycles. The Morgan fingerprint density at radius 1 is 0.609 bits per heavy atom. The number of hydrogen-bond acceptors (Lipinski definition) is 0.